The molecule has 0 radical (unpaired) electrons. The van der Waals surface area contributed by atoms with Gasteiger partial charge in [0, 0.05) is 28.7 Å². The molecule has 4 aromatic rings. The Balaban J connectivity index is 1.33. The quantitative estimate of drug-likeness (QED) is 0.351. The molecule has 1 N–H and O–H groups in total. The Morgan fingerprint density at radius 3 is 2.67 bits per heavy atom. The Bertz CT molecular complexity index is 1360. The summed E-state index contributed by atoms with van der Waals surface area (Å²) in [6, 6.07) is 20.0. The van der Waals surface area contributed by atoms with Crippen molar-refractivity contribution in [2.45, 2.75) is 19.9 Å². The molecule has 0 aliphatic carbocycles. The van der Waals surface area contributed by atoms with Crippen molar-refractivity contribution in [1.82, 2.24) is 9.99 Å². The zero-order valence-electron chi connectivity index (χ0n) is 18.0. The SMILES string of the molecule is Cc1c(/C=N\NC(=O)Cc2ccc3c(c2)OCO3)c2ccccc2n1Cc1ccc(F)cc1. The second-order valence-electron chi connectivity index (χ2n) is 7.89. The number of benzene rings is 3. The van der Waals surface area contributed by atoms with E-state index in [1.807, 2.05) is 37.3 Å². The molecule has 0 saturated heterocycles. The molecule has 0 spiro atoms. The number of para-hydroxylation sites is 1. The van der Waals surface area contributed by atoms with Crippen LogP contribution in [-0.4, -0.2) is 23.5 Å². The summed E-state index contributed by atoms with van der Waals surface area (Å²) in [6.45, 7) is 2.82. The van der Waals surface area contributed by atoms with Crippen LogP contribution in [0.2, 0.25) is 0 Å². The van der Waals surface area contributed by atoms with Gasteiger partial charge in [-0.2, -0.15) is 5.10 Å². The van der Waals surface area contributed by atoms with Crippen molar-refractivity contribution in [3.8, 4) is 11.5 Å². The zero-order chi connectivity index (χ0) is 22.8. The van der Waals surface area contributed by atoms with E-state index in [2.05, 4.69) is 15.1 Å². The average Bonchev–Trinajstić information content (AvgIpc) is 3.38. The summed E-state index contributed by atoms with van der Waals surface area (Å²) in [6.07, 6.45) is 1.86. The molecule has 3 aromatic carbocycles. The van der Waals surface area contributed by atoms with Crippen LogP contribution in [0, 0.1) is 12.7 Å². The van der Waals surface area contributed by atoms with Gasteiger partial charge in [0.15, 0.2) is 11.5 Å². The van der Waals surface area contributed by atoms with Crippen molar-refractivity contribution in [3.05, 3.63) is 94.9 Å². The molecule has 7 heteroatoms. The summed E-state index contributed by atoms with van der Waals surface area (Å²) in [7, 11) is 0. The molecule has 6 nitrogen and oxygen atoms in total. The molecule has 0 saturated carbocycles. The van der Waals surface area contributed by atoms with Crippen LogP contribution in [0.4, 0.5) is 4.39 Å². The first-order valence-corrected chi connectivity index (χ1v) is 10.6. The maximum atomic E-state index is 13.3. The van der Waals surface area contributed by atoms with E-state index < -0.39 is 0 Å². The van der Waals surface area contributed by atoms with Gasteiger partial charge in [-0.3, -0.25) is 4.79 Å². The van der Waals surface area contributed by atoms with E-state index in [4.69, 9.17) is 9.47 Å². The number of fused-ring (bicyclic) bond motifs is 2. The second-order valence-corrected chi connectivity index (χ2v) is 7.89. The molecule has 166 valence electrons. The molecule has 0 unspecified atom stereocenters. The van der Waals surface area contributed by atoms with Gasteiger partial charge in [0.05, 0.1) is 12.6 Å². The van der Waals surface area contributed by atoms with Crippen molar-refractivity contribution >= 4 is 23.0 Å². The number of aromatic nitrogens is 1. The Morgan fingerprint density at radius 2 is 1.82 bits per heavy atom. The number of ether oxygens (including phenoxy) is 2. The number of hydrogen-bond donors (Lipinski definition) is 1. The number of hydrogen-bond acceptors (Lipinski definition) is 4. The fourth-order valence-corrected chi connectivity index (χ4v) is 4.04. The fraction of sp³-hybridized carbons (Fsp3) is 0.154. The van der Waals surface area contributed by atoms with Crippen molar-refractivity contribution in [2.75, 3.05) is 6.79 Å². The van der Waals surface area contributed by atoms with Crippen LogP contribution in [0.15, 0.2) is 71.8 Å². The molecule has 1 aromatic heterocycles. The first-order valence-electron chi connectivity index (χ1n) is 10.6. The summed E-state index contributed by atoms with van der Waals surface area (Å²) in [5.74, 6) is 0.855. The van der Waals surface area contributed by atoms with Gasteiger partial charge in [-0.05, 0) is 48.4 Å². The number of rotatable bonds is 6. The van der Waals surface area contributed by atoms with Crippen LogP contribution in [0.25, 0.3) is 10.9 Å². The highest BCUT2D eigenvalue weighted by Crippen LogP contribution is 2.32. The van der Waals surface area contributed by atoms with Crippen LogP contribution >= 0.6 is 0 Å². The summed E-state index contributed by atoms with van der Waals surface area (Å²) in [5, 5.41) is 5.24. The monoisotopic (exact) mass is 443 g/mol. The maximum Gasteiger partial charge on any atom is 0.244 e. The molecule has 33 heavy (non-hydrogen) atoms. The summed E-state index contributed by atoms with van der Waals surface area (Å²) < 4.78 is 26.1. The minimum Gasteiger partial charge on any atom is -0.454 e. The highest BCUT2D eigenvalue weighted by Gasteiger charge is 2.15. The van der Waals surface area contributed by atoms with E-state index in [-0.39, 0.29) is 24.9 Å². The Morgan fingerprint density at radius 1 is 1.06 bits per heavy atom. The average molecular weight is 443 g/mol. The predicted octanol–water partition coefficient (Wildman–Crippen LogP) is 4.56. The number of amides is 1. The van der Waals surface area contributed by atoms with Crippen molar-refractivity contribution < 1.29 is 18.7 Å². The molecule has 0 bridgehead atoms. The lowest BCUT2D eigenvalue weighted by Crippen LogP contribution is -2.19. The van der Waals surface area contributed by atoms with Crippen LogP contribution in [0.5, 0.6) is 11.5 Å². The van der Waals surface area contributed by atoms with Crippen LogP contribution in [0.1, 0.15) is 22.4 Å². The van der Waals surface area contributed by atoms with E-state index in [0.717, 1.165) is 33.3 Å². The van der Waals surface area contributed by atoms with Crippen molar-refractivity contribution in [3.63, 3.8) is 0 Å². The lowest BCUT2D eigenvalue weighted by Gasteiger charge is -2.08. The predicted molar refractivity (Wildman–Crippen MR) is 124 cm³/mol. The van der Waals surface area contributed by atoms with E-state index in [1.54, 1.807) is 30.5 Å². The molecule has 1 aliphatic rings. The highest BCUT2D eigenvalue weighted by molar-refractivity contribution is 6.01. The topological polar surface area (TPSA) is 64.8 Å². The lowest BCUT2D eigenvalue weighted by molar-refractivity contribution is -0.120. The first-order chi connectivity index (χ1) is 16.1. The van der Waals surface area contributed by atoms with Crippen LogP contribution < -0.4 is 14.9 Å². The van der Waals surface area contributed by atoms with Gasteiger partial charge in [-0.25, -0.2) is 9.82 Å². The fourth-order valence-electron chi connectivity index (χ4n) is 4.04. The van der Waals surface area contributed by atoms with E-state index >= 15 is 0 Å². The minimum atomic E-state index is -0.253. The third kappa shape index (κ3) is 4.30. The number of carbonyl (C=O) groups excluding carboxylic acids is 1. The molecule has 5 rings (SSSR count). The molecule has 0 fully saturated rings. The third-order valence-electron chi connectivity index (χ3n) is 5.72. The number of hydrazone groups is 1. The molecular formula is C26H22FN3O3. The maximum absolute atomic E-state index is 13.3. The van der Waals surface area contributed by atoms with Gasteiger partial charge in [0.1, 0.15) is 5.82 Å². The lowest BCUT2D eigenvalue weighted by atomic mass is 10.1. The van der Waals surface area contributed by atoms with Crippen molar-refractivity contribution in [2.24, 2.45) is 5.10 Å². The second kappa shape index (κ2) is 8.78. The van der Waals surface area contributed by atoms with Crippen molar-refractivity contribution in [1.29, 1.82) is 0 Å². The molecule has 1 amide bonds. The number of nitrogens with zero attached hydrogens (tertiary/aromatic N) is 2. The van der Waals surface area contributed by atoms with Gasteiger partial charge in [0.25, 0.3) is 0 Å². The van der Waals surface area contributed by atoms with E-state index in [9.17, 15) is 9.18 Å². The molecule has 1 aliphatic heterocycles. The summed E-state index contributed by atoms with van der Waals surface area (Å²) in [4.78, 5) is 12.4. The number of carbonyl (C=O) groups is 1. The molecule has 0 atom stereocenters. The first kappa shape index (κ1) is 20.8. The van der Waals surface area contributed by atoms with Gasteiger partial charge in [-0.15, -0.1) is 0 Å². The number of nitrogens with one attached hydrogen (secondary N) is 1. The van der Waals surface area contributed by atoms with Crippen LogP contribution in [0.3, 0.4) is 0 Å². The van der Waals surface area contributed by atoms with Gasteiger partial charge < -0.3 is 14.0 Å². The summed E-state index contributed by atoms with van der Waals surface area (Å²) in [5.41, 5.74) is 7.42. The Labute approximate surface area is 190 Å². The van der Waals surface area contributed by atoms with Crippen LogP contribution in [-0.2, 0) is 17.8 Å². The standard InChI is InChI=1S/C26H22FN3O3/c1-17-22(14-28-29-26(31)13-19-8-11-24-25(12-19)33-16-32-24)21-4-2-3-5-23(21)30(17)15-18-6-9-20(27)10-7-18/h2-12,14H,13,15-16H2,1H3,(H,29,31)/b28-14-. The summed E-state index contributed by atoms with van der Waals surface area (Å²) >= 11 is 0. The Kier molecular flexibility index (Phi) is 5.52. The normalized spacial score (nSPS) is 12.5. The highest BCUT2D eigenvalue weighted by atomic mass is 19.1. The minimum absolute atomic E-state index is 0.180. The zero-order valence-corrected chi connectivity index (χ0v) is 18.0. The van der Waals surface area contributed by atoms with Gasteiger partial charge in [0.2, 0.25) is 12.7 Å². The van der Waals surface area contributed by atoms with E-state index in [1.165, 1.54) is 12.1 Å². The largest absolute Gasteiger partial charge is 0.454 e. The Hall–Kier alpha value is -4.13. The smallest absolute Gasteiger partial charge is 0.244 e. The molecule has 2 heterocycles. The third-order valence-corrected chi connectivity index (χ3v) is 5.72. The molecular weight excluding hydrogens is 421 g/mol. The van der Waals surface area contributed by atoms with Gasteiger partial charge >= 0.3 is 0 Å². The number of halogens is 1. The van der Waals surface area contributed by atoms with Gasteiger partial charge in [-0.1, -0.05) is 36.4 Å². The van der Waals surface area contributed by atoms with E-state index in [0.29, 0.717) is 18.0 Å².